The van der Waals surface area contributed by atoms with E-state index < -0.39 is 0 Å². The standard InChI is InChI=1S/C18H25FN4O2/c1-21-9-7-15(8-10-21)22(2)18(25)20-14-11-17(24)23(12-14)16-5-3-13(19)4-6-16/h3-6,14-15H,7-12H2,1-2H3,(H,20,25)/t14-/m1/s1. The van der Waals surface area contributed by atoms with Crippen molar-refractivity contribution in [3.63, 3.8) is 0 Å². The molecular weight excluding hydrogens is 323 g/mol. The van der Waals surface area contributed by atoms with Gasteiger partial charge in [-0.1, -0.05) is 0 Å². The largest absolute Gasteiger partial charge is 0.333 e. The molecule has 1 aromatic carbocycles. The Morgan fingerprint density at radius 3 is 2.52 bits per heavy atom. The van der Waals surface area contributed by atoms with Crippen LogP contribution in [0.4, 0.5) is 14.9 Å². The first-order valence-corrected chi connectivity index (χ1v) is 8.72. The molecule has 2 aliphatic rings. The van der Waals surface area contributed by atoms with E-state index in [9.17, 15) is 14.0 Å². The minimum atomic E-state index is -0.333. The molecule has 0 aliphatic carbocycles. The molecule has 0 bridgehead atoms. The number of nitrogens with zero attached hydrogens (tertiary/aromatic N) is 3. The molecule has 3 rings (SSSR count). The molecule has 2 saturated heterocycles. The van der Waals surface area contributed by atoms with Crippen LogP contribution >= 0.6 is 0 Å². The predicted octanol–water partition coefficient (Wildman–Crippen LogP) is 1.67. The smallest absolute Gasteiger partial charge is 0.317 e. The van der Waals surface area contributed by atoms with Gasteiger partial charge in [-0.25, -0.2) is 9.18 Å². The summed E-state index contributed by atoms with van der Waals surface area (Å²) in [5.74, 6) is -0.390. The van der Waals surface area contributed by atoms with Gasteiger partial charge in [-0.15, -0.1) is 0 Å². The fraction of sp³-hybridized carbons (Fsp3) is 0.556. The lowest BCUT2D eigenvalue weighted by atomic mass is 10.0. The van der Waals surface area contributed by atoms with Crippen molar-refractivity contribution in [2.75, 3.05) is 38.6 Å². The van der Waals surface area contributed by atoms with Crippen LogP contribution < -0.4 is 10.2 Å². The van der Waals surface area contributed by atoms with Crippen LogP contribution in [0, 0.1) is 5.82 Å². The zero-order valence-electron chi connectivity index (χ0n) is 14.7. The number of halogens is 1. The van der Waals surface area contributed by atoms with E-state index in [1.165, 1.54) is 12.1 Å². The van der Waals surface area contributed by atoms with Gasteiger partial charge in [0.25, 0.3) is 0 Å². The Kier molecular flexibility index (Phi) is 5.22. The Morgan fingerprint density at radius 2 is 1.88 bits per heavy atom. The number of likely N-dealkylation sites (tertiary alicyclic amines) is 1. The SMILES string of the molecule is CN1CCC(N(C)C(=O)N[C@@H]2CC(=O)N(c3ccc(F)cc3)C2)CC1. The number of nitrogens with one attached hydrogen (secondary N) is 1. The summed E-state index contributed by atoms with van der Waals surface area (Å²) in [7, 11) is 3.91. The van der Waals surface area contributed by atoms with E-state index in [1.54, 1.807) is 21.9 Å². The zero-order chi connectivity index (χ0) is 18.0. The topological polar surface area (TPSA) is 55.9 Å². The summed E-state index contributed by atoms with van der Waals surface area (Å²) in [6.45, 7) is 2.39. The highest BCUT2D eigenvalue weighted by atomic mass is 19.1. The summed E-state index contributed by atoms with van der Waals surface area (Å²) in [4.78, 5) is 30.3. The highest BCUT2D eigenvalue weighted by molar-refractivity contribution is 5.96. The zero-order valence-corrected chi connectivity index (χ0v) is 14.7. The average molecular weight is 348 g/mol. The molecular formula is C18H25FN4O2. The summed E-state index contributed by atoms with van der Waals surface area (Å²) in [6, 6.07) is 5.73. The second kappa shape index (κ2) is 7.39. The Bertz CT molecular complexity index is 628. The van der Waals surface area contributed by atoms with Crippen molar-refractivity contribution in [3.8, 4) is 0 Å². The van der Waals surface area contributed by atoms with Gasteiger partial charge in [0, 0.05) is 31.7 Å². The van der Waals surface area contributed by atoms with Crippen molar-refractivity contribution < 1.29 is 14.0 Å². The van der Waals surface area contributed by atoms with E-state index in [1.807, 2.05) is 7.05 Å². The van der Waals surface area contributed by atoms with E-state index >= 15 is 0 Å². The van der Waals surface area contributed by atoms with Gasteiger partial charge < -0.3 is 20.0 Å². The number of hydrogen-bond donors (Lipinski definition) is 1. The second-order valence-corrected chi connectivity index (χ2v) is 6.98. The molecule has 6 nitrogen and oxygen atoms in total. The van der Waals surface area contributed by atoms with Crippen LogP contribution in [-0.4, -0.2) is 67.6 Å². The molecule has 1 N–H and O–H groups in total. The molecule has 0 aromatic heterocycles. The van der Waals surface area contributed by atoms with Gasteiger partial charge in [-0.05, 0) is 57.2 Å². The molecule has 0 unspecified atom stereocenters. The van der Waals surface area contributed by atoms with Gasteiger partial charge >= 0.3 is 6.03 Å². The number of piperidine rings is 1. The summed E-state index contributed by atoms with van der Waals surface area (Å²) in [6.07, 6.45) is 2.20. The first-order valence-electron chi connectivity index (χ1n) is 8.72. The van der Waals surface area contributed by atoms with Crippen LogP contribution in [-0.2, 0) is 4.79 Å². The van der Waals surface area contributed by atoms with E-state index in [-0.39, 0.29) is 36.3 Å². The molecule has 2 fully saturated rings. The molecule has 0 spiro atoms. The fourth-order valence-electron chi connectivity index (χ4n) is 3.50. The highest BCUT2D eigenvalue weighted by Gasteiger charge is 2.33. The maximum Gasteiger partial charge on any atom is 0.317 e. The van der Waals surface area contributed by atoms with Crippen molar-refractivity contribution >= 4 is 17.6 Å². The maximum atomic E-state index is 13.0. The van der Waals surface area contributed by atoms with Crippen LogP contribution in [0.25, 0.3) is 0 Å². The fourth-order valence-corrected chi connectivity index (χ4v) is 3.50. The van der Waals surface area contributed by atoms with Gasteiger partial charge in [0.15, 0.2) is 0 Å². The normalized spacial score (nSPS) is 22.3. The number of carbonyl (C=O) groups excluding carboxylic acids is 2. The average Bonchev–Trinajstić information content (AvgIpc) is 2.96. The number of rotatable bonds is 3. The molecule has 2 heterocycles. The number of amides is 3. The minimum Gasteiger partial charge on any atom is -0.333 e. The Hall–Kier alpha value is -2.15. The minimum absolute atomic E-state index is 0.0566. The van der Waals surface area contributed by atoms with Crippen molar-refractivity contribution in [1.29, 1.82) is 0 Å². The molecule has 7 heteroatoms. The van der Waals surface area contributed by atoms with Crippen LogP contribution in [0.5, 0.6) is 0 Å². The van der Waals surface area contributed by atoms with Crippen LogP contribution in [0.1, 0.15) is 19.3 Å². The van der Waals surface area contributed by atoms with Crippen molar-refractivity contribution in [3.05, 3.63) is 30.1 Å². The van der Waals surface area contributed by atoms with Crippen LogP contribution in [0.15, 0.2) is 24.3 Å². The third-order valence-electron chi connectivity index (χ3n) is 5.15. The maximum absolute atomic E-state index is 13.0. The lowest BCUT2D eigenvalue weighted by Crippen LogP contribution is -2.50. The van der Waals surface area contributed by atoms with Gasteiger partial charge in [0.2, 0.25) is 5.91 Å². The Morgan fingerprint density at radius 1 is 1.24 bits per heavy atom. The van der Waals surface area contributed by atoms with Crippen LogP contribution in [0.3, 0.4) is 0 Å². The molecule has 0 saturated carbocycles. The summed E-state index contributed by atoms with van der Waals surface area (Å²) >= 11 is 0. The molecule has 3 amide bonds. The van der Waals surface area contributed by atoms with Gasteiger partial charge in [-0.2, -0.15) is 0 Å². The van der Waals surface area contributed by atoms with Crippen LogP contribution in [0.2, 0.25) is 0 Å². The highest BCUT2D eigenvalue weighted by Crippen LogP contribution is 2.22. The number of anilines is 1. The Labute approximate surface area is 147 Å². The number of hydrogen-bond acceptors (Lipinski definition) is 3. The number of carbonyl (C=O) groups is 2. The monoisotopic (exact) mass is 348 g/mol. The first kappa shape index (κ1) is 17.7. The lowest BCUT2D eigenvalue weighted by molar-refractivity contribution is -0.117. The molecule has 1 atom stereocenters. The van der Waals surface area contributed by atoms with Gasteiger partial charge in [0.05, 0.1) is 6.04 Å². The van der Waals surface area contributed by atoms with E-state index in [4.69, 9.17) is 0 Å². The van der Waals surface area contributed by atoms with Gasteiger partial charge in [0.1, 0.15) is 5.82 Å². The first-order chi connectivity index (χ1) is 11.9. The molecule has 25 heavy (non-hydrogen) atoms. The second-order valence-electron chi connectivity index (χ2n) is 6.98. The summed E-state index contributed by atoms with van der Waals surface area (Å²) < 4.78 is 13.0. The van der Waals surface area contributed by atoms with Crippen molar-refractivity contribution in [1.82, 2.24) is 15.1 Å². The van der Waals surface area contributed by atoms with Gasteiger partial charge in [-0.3, -0.25) is 4.79 Å². The number of benzene rings is 1. The van der Waals surface area contributed by atoms with Crippen molar-refractivity contribution in [2.45, 2.75) is 31.3 Å². The Balaban J connectivity index is 1.55. The van der Waals surface area contributed by atoms with E-state index in [0.717, 1.165) is 25.9 Å². The third kappa shape index (κ3) is 4.10. The summed E-state index contributed by atoms with van der Waals surface area (Å²) in [5, 5.41) is 2.97. The predicted molar refractivity (Wildman–Crippen MR) is 94.0 cm³/mol. The van der Waals surface area contributed by atoms with E-state index in [0.29, 0.717) is 12.2 Å². The quantitative estimate of drug-likeness (QED) is 0.904. The van der Waals surface area contributed by atoms with E-state index in [2.05, 4.69) is 17.3 Å². The molecule has 0 radical (unpaired) electrons. The molecule has 1 aromatic rings. The number of urea groups is 1. The van der Waals surface area contributed by atoms with Crippen molar-refractivity contribution in [2.24, 2.45) is 0 Å². The molecule has 136 valence electrons. The third-order valence-corrected chi connectivity index (χ3v) is 5.15. The summed E-state index contributed by atoms with van der Waals surface area (Å²) in [5.41, 5.74) is 0.659. The lowest BCUT2D eigenvalue weighted by Gasteiger charge is -2.35. The molecule has 2 aliphatic heterocycles.